The number of nitrogens with zero attached hydrogens (tertiary/aromatic N) is 1. The molecule has 0 aliphatic carbocycles. The van der Waals surface area contributed by atoms with E-state index < -0.39 is 0 Å². The first-order valence-electron chi connectivity index (χ1n) is 12.7. The van der Waals surface area contributed by atoms with E-state index in [1.165, 1.54) is 10.5 Å². The molecule has 4 rings (SSSR count). The fourth-order valence-electron chi connectivity index (χ4n) is 4.00. The molecule has 0 N–H and O–H groups in total. The van der Waals surface area contributed by atoms with Gasteiger partial charge in [0.2, 0.25) is 0 Å². The molecule has 2 amide bonds. The van der Waals surface area contributed by atoms with Gasteiger partial charge in [-0.25, -0.2) is 0 Å². The molecule has 0 bridgehead atoms. The summed E-state index contributed by atoms with van der Waals surface area (Å²) in [6.45, 7) is 9.39. The van der Waals surface area contributed by atoms with E-state index in [0.717, 1.165) is 40.0 Å². The molecule has 0 unspecified atom stereocenters. The second-order valence-electron chi connectivity index (χ2n) is 9.43. The first-order valence-corrected chi connectivity index (χ1v) is 13.5. The van der Waals surface area contributed by atoms with Gasteiger partial charge in [0.05, 0.1) is 11.4 Å². The molecule has 198 valence electrons. The first kappa shape index (κ1) is 27.3. The largest absolute Gasteiger partial charge is 0.491 e. The second-order valence-corrected chi connectivity index (χ2v) is 10.4. The fourth-order valence-corrected chi connectivity index (χ4v) is 4.86. The monoisotopic (exact) mass is 531 g/mol. The average molecular weight is 532 g/mol. The van der Waals surface area contributed by atoms with Crippen molar-refractivity contribution in [3.63, 3.8) is 0 Å². The van der Waals surface area contributed by atoms with Crippen molar-refractivity contribution in [2.45, 2.75) is 33.6 Å². The van der Waals surface area contributed by atoms with Crippen molar-refractivity contribution in [3.8, 4) is 17.2 Å². The van der Waals surface area contributed by atoms with E-state index in [0.29, 0.717) is 29.8 Å². The highest BCUT2D eigenvalue weighted by Gasteiger charge is 2.35. The van der Waals surface area contributed by atoms with E-state index in [9.17, 15) is 9.59 Å². The quantitative estimate of drug-likeness (QED) is 0.196. The molecular weight excluding hydrogens is 498 g/mol. The number of hydrogen-bond acceptors (Lipinski definition) is 6. The molecule has 1 heterocycles. The minimum absolute atomic E-state index is 0.183. The highest BCUT2D eigenvalue weighted by molar-refractivity contribution is 8.18. The lowest BCUT2D eigenvalue weighted by atomic mass is 10.0. The molecule has 1 fully saturated rings. The number of ether oxygens (including phenoxy) is 3. The molecule has 1 aliphatic rings. The molecule has 6 nitrogen and oxygen atoms in total. The number of benzene rings is 3. The van der Waals surface area contributed by atoms with Gasteiger partial charge in [0, 0.05) is 5.56 Å². The summed E-state index contributed by atoms with van der Waals surface area (Å²) in [4.78, 5) is 27.3. The molecule has 0 saturated carbocycles. The first-order chi connectivity index (χ1) is 18.3. The van der Waals surface area contributed by atoms with Crippen LogP contribution in [0.15, 0.2) is 71.6 Å². The van der Waals surface area contributed by atoms with Crippen molar-refractivity contribution in [1.29, 1.82) is 0 Å². The third kappa shape index (κ3) is 6.98. The molecular formula is C31H33NO5S. The van der Waals surface area contributed by atoms with Gasteiger partial charge in [0.1, 0.15) is 37.1 Å². The lowest BCUT2D eigenvalue weighted by Crippen LogP contribution is -2.32. The van der Waals surface area contributed by atoms with E-state index in [2.05, 4.69) is 26.0 Å². The minimum atomic E-state index is -0.325. The van der Waals surface area contributed by atoms with Gasteiger partial charge < -0.3 is 14.2 Å². The zero-order valence-electron chi connectivity index (χ0n) is 22.2. The van der Waals surface area contributed by atoms with Crippen LogP contribution in [0.25, 0.3) is 6.08 Å². The van der Waals surface area contributed by atoms with Crippen molar-refractivity contribution in [2.24, 2.45) is 0 Å². The molecule has 0 radical (unpaired) electrons. The average Bonchev–Trinajstić information content (AvgIpc) is 3.15. The summed E-state index contributed by atoms with van der Waals surface area (Å²) >= 11 is 0.932. The zero-order chi connectivity index (χ0) is 27.1. The van der Waals surface area contributed by atoms with E-state index >= 15 is 0 Å². The lowest BCUT2D eigenvalue weighted by Gasteiger charge is -2.17. The number of thioether (sulfide) groups is 1. The Morgan fingerprint density at radius 2 is 1.50 bits per heavy atom. The molecule has 38 heavy (non-hydrogen) atoms. The standard InChI is InChI=1S/C31H33NO5S/c1-21(2)26-14-11-23(4)19-28(26)36-16-15-32-30(33)29(38-31(32)34)20-24-7-5-6-8-27(24)37-18-17-35-25-12-9-22(3)10-13-25/h5-14,19-21H,15-18H2,1-4H3/b29-20-. The van der Waals surface area contributed by atoms with Crippen LogP contribution in [0.5, 0.6) is 17.2 Å². The molecule has 0 atom stereocenters. The number of rotatable bonds is 11. The Bertz CT molecular complexity index is 1320. The Morgan fingerprint density at radius 1 is 0.816 bits per heavy atom. The summed E-state index contributed by atoms with van der Waals surface area (Å²) < 4.78 is 17.7. The molecule has 0 spiro atoms. The molecule has 3 aromatic rings. The maximum atomic E-state index is 13.0. The Balaban J connectivity index is 1.35. The van der Waals surface area contributed by atoms with E-state index in [4.69, 9.17) is 14.2 Å². The molecule has 1 saturated heterocycles. The molecule has 1 aliphatic heterocycles. The third-order valence-electron chi connectivity index (χ3n) is 6.07. The Kier molecular flexibility index (Phi) is 9.13. The Labute approximate surface area is 228 Å². The smallest absolute Gasteiger partial charge is 0.293 e. The van der Waals surface area contributed by atoms with Gasteiger partial charge in [-0.2, -0.15) is 0 Å². The SMILES string of the molecule is Cc1ccc(OCCOc2ccccc2/C=C2\SC(=O)N(CCOc3cc(C)ccc3C(C)C)C2=O)cc1. The van der Waals surface area contributed by atoms with Crippen LogP contribution in [0.3, 0.4) is 0 Å². The fraction of sp³-hybridized carbons (Fsp3) is 0.290. The van der Waals surface area contributed by atoms with Crippen LogP contribution in [0.2, 0.25) is 0 Å². The van der Waals surface area contributed by atoms with Crippen LogP contribution in [-0.4, -0.2) is 42.4 Å². The van der Waals surface area contributed by atoms with Crippen molar-refractivity contribution in [1.82, 2.24) is 4.90 Å². The zero-order valence-corrected chi connectivity index (χ0v) is 23.0. The van der Waals surface area contributed by atoms with Gasteiger partial charge in [-0.3, -0.25) is 14.5 Å². The predicted molar refractivity (Wildman–Crippen MR) is 152 cm³/mol. The van der Waals surface area contributed by atoms with Gasteiger partial charge >= 0.3 is 0 Å². The molecule has 3 aromatic carbocycles. The van der Waals surface area contributed by atoms with Gasteiger partial charge in [-0.15, -0.1) is 0 Å². The van der Waals surface area contributed by atoms with E-state index in [1.54, 1.807) is 6.08 Å². The van der Waals surface area contributed by atoms with Gasteiger partial charge in [-0.1, -0.05) is 61.9 Å². The Hall–Kier alpha value is -3.71. The number of carbonyl (C=O) groups is 2. The number of carbonyl (C=O) groups excluding carboxylic acids is 2. The van der Waals surface area contributed by atoms with Crippen LogP contribution in [0.4, 0.5) is 4.79 Å². The van der Waals surface area contributed by atoms with Crippen molar-refractivity contribution in [3.05, 3.63) is 93.9 Å². The summed E-state index contributed by atoms with van der Waals surface area (Å²) in [6, 6.07) is 21.4. The Morgan fingerprint density at radius 3 is 2.26 bits per heavy atom. The van der Waals surface area contributed by atoms with Crippen molar-refractivity contribution < 1.29 is 23.8 Å². The van der Waals surface area contributed by atoms with Crippen LogP contribution >= 0.6 is 11.8 Å². The van der Waals surface area contributed by atoms with Crippen LogP contribution in [0.1, 0.15) is 42.0 Å². The van der Waals surface area contributed by atoms with Gasteiger partial charge in [0.25, 0.3) is 11.1 Å². The summed E-state index contributed by atoms with van der Waals surface area (Å²) in [6.07, 6.45) is 1.71. The second kappa shape index (κ2) is 12.7. The third-order valence-corrected chi connectivity index (χ3v) is 6.98. The van der Waals surface area contributed by atoms with Gasteiger partial charge in [-0.05, 0) is 73.0 Å². The number of imide groups is 1. The summed E-state index contributed by atoms with van der Waals surface area (Å²) in [5.41, 5.74) is 4.10. The minimum Gasteiger partial charge on any atom is -0.491 e. The normalized spacial score (nSPS) is 14.4. The van der Waals surface area contributed by atoms with Gasteiger partial charge in [0.15, 0.2) is 0 Å². The number of amides is 2. The highest BCUT2D eigenvalue weighted by Crippen LogP contribution is 2.34. The lowest BCUT2D eigenvalue weighted by molar-refractivity contribution is -0.123. The van der Waals surface area contributed by atoms with E-state index in [-0.39, 0.29) is 24.3 Å². The van der Waals surface area contributed by atoms with Crippen molar-refractivity contribution >= 4 is 29.0 Å². The van der Waals surface area contributed by atoms with Crippen LogP contribution in [0, 0.1) is 13.8 Å². The number of hydrogen-bond donors (Lipinski definition) is 0. The molecule has 7 heteroatoms. The number of para-hydroxylation sites is 1. The highest BCUT2D eigenvalue weighted by atomic mass is 32.2. The van der Waals surface area contributed by atoms with Crippen LogP contribution < -0.4 is 14.2 Å². The summed E-state index contributed by atoms with van der Waals surface area (Å²) in [5, 5.41) is -0.303. The molecule has 0 aromatic heterocycles. The topological polar surface area (TPSA) is 65.1 Å². The predicted octanol–water partition coefficient (Wildman–Crippen LogP) is 7.00. The van der Waals surface area contributed by atoms with Crippen LogP contribution in [-0.2, 0) is 4.79 Å². The summed E-state index contributed by atoms with van der Waals surface area (Å²) in [7, 11) is 0. The van der Waals surface area contributed by atoms with E-state index in [1.807, 2.05) is 68.4 Å². The number of aryl methyl sites for hydroxylation is 2. The summed E-state index contributed by atoms with van der Waals surface area (Å²) in [5.74, 6) is 2.18. The van der Waals surface area contributed by atoms with Crippen molar-refractivity contribution in [2.75, 3.05) is 26.4 Å². The maximum absolute atomic E-state index is 13.0. The maximum Gasteiger partial charge on any atom is 0.293 e.